The average molecular weight is 299 g/mol. The van der Waals surface area contributed by atoms with Crippen LogP contribution in [-0.2, 0) is 0 Å². The molecule has 0 nitrogen and oxygen atoms in total. The molecular formula is C22H34. The lowest BCUT2D eigenvalue weighted by Crippen LogP contribution is -2.25. The van der Waals surface area contributed by atoms with E-state index in [4.69, 9.17) is 0 Å². The molecule has 0 amide bonds. The summed E-state index contributed by atoms with van der Waals surface area (Å²) in [5.41, 5.74) is 6.18. The lowest BCUT2D eigenvalue weighted by molar-refractivity contribution is 0.165. The standard InChI is InChI=1S/C22H34/c1-15-5-8-19(9-6-15)20-10-12-21(13-11-20)22-14-7-16(2)17(3)18(22)4/h7,14-15,19-21H,5-6,8-13H2,1-4H3. The number of rotatable bonds is 2. The van der Waals surface area contributed by atoms with Crippen molar-refractivity contribution in [3.8, 4) is 0 Å². The minimum absolute atomic E-state index is 0.832. The average Bonchev–Trinajstić information content (AvgIpc) is 2.54. The second-order valence-corrected chi connectivity index (χ2v) is 8.35. The van der Waals surface area contributed by atoms with Crippen LogP contribution >= 0.6 is 0 Å². The van der Waals surface area contributed by atoms with Crippen molar-refractivity contribution in [2.75, 3.05) is 0 Å². The fourth-order valence-electron chi connectivity index (χ4n) is 5.08. The summed E-state index contributed by atoms with van der Waals surface area (Å²) < 4.78 is 0. The smallest absolute Gasteiger partial charge is 0.0159 e. The van der Waals surface area contributed by atoms with Crippen LogP contribution in [0.5, 0.6) is 0 Å². The van der Waals surface area contributed by atoms with Crippen LogP contribution in [0.2, 0.25) is 0 Å². The van der Waals surface area contributed by atoms with Crippen molar-refractivity contribution in [3.63, 3.8) is 0 Å². The molecule has 122 valence electrons. The van der Waals surface area contributed by atoms with Crippen LogP contribution in [0.25, 0.3) is 0 Å². The van der Waals surface area contributed by atoms with Gasteiger partial charge in [0.25, 0.3) is 0 Å². The predicted octanol–water partition coefficient (Wildman–Crippen LogP) is 6.71. The molecule has 2 fully saturated rings. The third-order valence-electron chi connectivity index (χ3n) is 7.04. The summed E-state index contributed by atoms with van der Waals surface area (Å²) in [5, 5.41) is 0. The lowest BCUT2D eigenvalue weighted by Gasteiger charge is -2.37. The normalized spacial score (nSPS) is 32.9. The van der Waals surface area contributed by atoms with Gasteiger partial charge >= 0.3 is 0 Å². The molecular weight excluding hydrogens is 264 g/mol. The molecule has 0 heterocycles. The van der Waals surface area contributed by atoms with E-state index in [9.17, 15) is 0 Å². The van der Waals surface area contributed by atoms with Gasteiger partial charge in [-0.25, -0.2) is 0 Å². The quantitative estimate of drug-likeness (QED) is 0.569. The molecule has 0 aliphatic heterocycles. The fraction of sp³-hybridized carbons (Fsp3) is 0.727. The van der Waals surface area contributed by atoms with E-state index in [1.54, 1.807) is 11.1 Å². The number of aryl methyl sites for hydroxylation is 1. The molecule has 0 spiro atoms. The van der Waals surface area contributed by atoms with Crippen molar-refractivity contribution in [1.82, 2.24) is 0 Å². The van der Waals surface area contributed by atoms with Gasteiger partial charge in [-0.15, -0.1) is 0 Å². The van der Waals surface area contributed by atoms with Crippen LogP contribution in [-0.4, -0.2) is 0 Å². The van der Waals surface area contributed by atoms with Crippen LogP contribution in [0.1, 0.15) is 86.5 Å². The Morgan fingerprint density at radius 1 is 0.682 bits per heavy atom. The first-order valence-electron chi connectivity index (χ1n) is 9.63. The van der Waals surface area contributed by atoms with Gasteiger partial charge in [-0.1, -0.05) is 31.9 Å². The molecule has 22 heavy (non-hydrogen) atoms. The van der Waals surface area contributed by atoms with Gasteiger partial charge in [0, 0.05) is 0 Å². The molecule has 2 saturated carbocycles. The highest BCUT2D eigenvalue weighted by Gasteiger charge is 2.30. The van der Waals surface area contributed by atoms with Crippen molar-refractivity contribution in [2.24, 2.45) is 17.8 Å². The molecule has 2 aliphatic rings. The first-order valence-corrected chi connectivity index (χ1v) is 9.63. The van der Waals surface area contributed by atoms with E-state index in [1.807, 2.05) is 0 Å². The third kappa shape index (κ3) is 3.26. The van der Waals surface area contributed by atoms with E-state index in [2.05, 4.69) is 39.8 Å². The molecule has 0 radical (unpaired) electrons. The van der Waals surface area contributed by atoms with Gasteiger partial charge < -0.3 is 0 Å². The molecule has 0 N–H and O–H groups in total. The Morgan fingerprint density at radius 2 is 1.23 bits per heavy atom. The van der Waals surface area contributed by atoms with Gasteiger partial charge in [-0.05, 0) is 105 Å². The number of hydrogen-bond acceptors (Lipinski definition) is 0. The first-order chi connectivity index (χ1) is 10.6. The molecule has 1 aromatic carbocycles. The monoisotopic (exact) mass is 298 g/mol. The second kappa shape index (κ2) is 6.77. The highest BCUT2D eigenvalue weighted by Crippen LogP contribution is 2.44. The zero-order valence-corrected chi connectivity index (χ0v) is 15.1. The molecule has 0 saturated heterocycles. The Balaban J connectivity index is 1.61. The Kier molecular flexibility index (Phi) is 4.95. The second-order valence-electron chi connectivity index (χ2n) is 8.35. The molecule has 1 aromatic rings. The van der Waals surface area contributed by atoms with Crippen molar-refractivity contribution >= 4 is 0 Å². The van der Waals surface area contributed by atoms with E-state index >= 15 is 0 Å². The van der Waals surface area contributed by atoms with Crippen LogP contribution in [0.15, 0.2) is 12.1 Å². The van der Waals surface area contributed by atoms with Crippen LogP contribution < -0.4 is 0 Å². The zero-order valence-electron chi connectivity index (χ0n) is 15.1. The summed E-state index contributed by atoms with van der Waals surface area (Å²) in [6.45, 7) is 9.32. The largest absolute Gasteiger partial charge is 0.0625 e. The van der Waals surface area contributed by atoms with E-state index in [0.717, 1.165) is 23.7 Å². The zero-order chi connectivity index (χ0) is 15.7. The Bertz CT molecular complexity index is 497. The summed E-state index contributed by atoms with van der Waals surface area (Å²) in [6, 6.07) is 4.76. The highest BCUT2D eigenvalue weighted by molar-refractivity contribution is 5.40. The molecule has 0 heteroatoms. The molecule has 0 unspecified atom stereocenters. The lowest BCUT2D eigenvalue weighted by atomic mass is 9.68. The first kappa shape index (κ1) is 16.1. The summed E-state index contributed by atoms with van der Waals surface area (Å²) in [4.78, 5) is 0. The summed E-state index contributed by atoms with van der Waals surface area (Å²) in [7, 11) is 0. The van der Waals surface area contributed by atoms with Crippen molar-refractivity contribution in [2.45, 2.75) is 85.0 Å². The Labute approximate surface area is 137 Å². The van der Waals surface area contributed by atoms with Gasteiger partial charge in [0.05, 0.1) is 0 Å². The number of benzene rings is 1. The summed E-state index contributed by atoms with van der Waals surface area (Å²) in [6.07, 6.45) is 11.8. The number of hydrogen-bond donors (Lipinski definition) is 0. The summed E-state index contributed by atoms with van der Waals surface area (Å²) >= 11 is 0. The molecule has 2 aliphatic carbocycles. The van der Waals surface area contributed by atoms with Crippen molar-refractivity contribution in [1.29, 1.82) is 0 Å². The molecule has 0 aromatic heterocycles. The highest BCUT2D eigenvalue weighted by atomic mass is 14.4. The fourth-order valence-corrected chi connectivity index (χ4v) is 5.08. The van der Waals surface area contributed by atoms with E-state index < -0.39 is 0 Å². The molecule has 0 bridgehead atoms. The van der Waals surface area contributed by atoms with Crippen LogP contribution in [0.4, 0.5) is 0 Å². The topological polar surface area (TPSA) is 0 Å². The maximum absolute atomic E-state index is 2.44. The SMILES string of the molecule is Cc1ccc(C2CCC(C3CCC(C)CC3)CC2)c(C)c1C. The van der Waals surface area contributed by atoms with Crippen molar-refractivity contribution < 1.29 is 0 Å². The molecule has 3 rings (SSSR count). The maximum Gasteiger partial charge on any atom is -0.0159 e. The molecule has 0 atom stereocenters. The van der Waals surface area contributed by atoms with Gasteiger partial charge in [-0.3, -0.25) is 0 Å². The maximum atomic E-state index is 2.44. The summed E-state index contributed by atoms with van der Waals surface area (Å²) in [5.74, 6) is 3.91. The third-order valence-corrected chi connectivity index (χ3v) is 7.04. The van der Waals surface area contributed by atoms with Crippen LogP contribution in [0.3, 0.4) is 0 Å². The van der Waals surface area contributed by atoms with Gasteiger partial charge in [-0.2, -0.15) is 0 Å². The van der Waals surface area contributed by atoms with E-state index in [-0.39, 0.29) is 0 Å². The van der Waals surface area contributed by atoms with Gasteiger partial charge in [0.2, 0.25) is 0 Å². The van der Waals surface area contributed by atoms with Crippen molar-refractivity contribution in [3.05, 3.63) is 34.4 Å². The predicted molar refractivity (Wildman–Crippen MR) is 96.5 cm³/mol. The van der Waals surface area contributed by atoms with Crippen LogP contribution in [0, 0.1) is 38.5 Å². The van der Waals surface area contributed by atoms with Gasteiger partial charge in [0.1, 0.15) is 0 Å². The Morgan fingerprint density at radius 3 is 1.82 bits per heavy atom. The van der Waals surface area contributed by atoms with Gasteiger partial charge in [0.15, 0.2) is 0 Å². The minimum atomic E-state index is 0.832. The van der Waals surface area contributed by atoms with E-state index in [0.29, 0.717) is 0 Å². The minimum Gasteiger partial charge on any atom is -0.0625 e. The Hall–Kier alpha value is -0.780. The van der Waals surface area contributed by atoms with E-state index in [1.165, 1.54) is 62.5 Å².